The van der Waals surface area contributed by atoms with Crippen LogP contribution < -0.4 is 0 Å². The Morgan fingerprint density at radius 2 is 1.22 bits per heavy atom. The average molecular weight is 351 g/mol. The van der Waals surface area contributed by atoms with Crippen molar-refractivity contribution in [2.75, 3.05) is 14.1 Å². The van der Waals surface area contributed by atoms with Crippen molar-refractivity contribution in [1.29, 1.82) is 0 Å². The number of hydrogen-bond acceptors (Lipinski definition) is 2. The first-order chi connectivity index (χ1) is 13.1. The standard InChI is InChI=1S/C25H21NO/c1-26(2)15-16-13-24-22-10-9-19-18-6-4-3-5-17(18)7-8-20(19)21(22)11-12-23(24)25(27)14-16/h3-14,27H,15H2,1-2H3. The van der Waals surface area contributed by atoms with Crippen LogP contribution >= 0.6 is 0 Å². The third-order valence-electron chi connectivity index (χ3n) is 5.39. The predicted octanol–water partition coefficient (Wildman–Crippen LogP) is 6.07. The van der Waals surface area contributed by atoms with Crippen molar-refractivity contribution in [3.63, 3.8) is 0 Å². The van der Waals surface area contributed by atoms with E-state index < -0.39 is 0 Å². The lowest BCUT2D eigenvalue weighted by atomic mass is 9.93. The van der Waals surface area contributed by atoms with Gasteiger partial charge in [0.2, 0.25) is 0 Å². The molecular weight excluding hydrogens is 330 g/mol. The fourth-order valence-corrected chi connectivity index (χ4v) is 4.24. The van der Waals surface area contributed by atoms with Gasteiger partial charge in [-0.25, -0.2) is 0 Å². The van der Waals surface area contributed by atoms with E-state index in [2.05, 4.69) is 65.6 Å². The molecule has 27 heavy (non-hydrogen) atoms. The molecule has 0 saturated heterocycles. The van der Waals surface area contributed by atoms with Crippen molar-refractivity contribution in [1.82, 2.24) is 4.90 Å². The minimum absolute atomic E-state index is 0.352. The van der Waals surface area contributed by atoms with Gasteiger partial charge >= 0.3 is 0 Å². The van der Waals surface area contributed by atoms with Crippen molar-refractivity contribution in [3.8, 4) is 5.75 Å². The summed E-state index contributed by atoms with van der Waals surface area (Å²) in [5.41, 5.74) is 1.12. The smallest absolute Gasteiger partial charge is 0.123 e. The Balaban J connectivity index is 1.89. The fraction of sp³-hybridized carbons (Fsp3) is 0.120. The number of phenols is 1. The van der Waals surface area contributed by atoms with Gasteiger partial charge in [0.05, 0.1) is 0 Å². The Kier molecular flexibility index (Phi) is 3.56. The zero-order chi connectivity index (χ0) is 18.5. The molecule has 132 valence electrons. The number of fused-ring (bicyclic) bond motifs is 7. The van der Waals surface area contributed by atoms with E-state index >= 15 is 0 Å². The third kappa shape index (κ3) is 2.53. The molecule has 0 spiro atoms. The zero-order valence-corrected chi connectivity index (χ0v) is 15.5. The van der Waals surface area contributed by atoms with Gasteiger partial charge in [0.1, 0.15) is 5.75 Å². The van der Waals surface area contributed by atoms with Crippen molar-refractivity contribution in [2.45, 2.75) is 6.54 Å². The first kappa shape index (κ1) is 16.1. The lowest BCUT2D eigenvalue weighted by Gasteiger charge is -2.14. The minimum atomic E-state index is 0.352. The van der Waals surface area contributed by atoms with Gasteiger partial charge in [-0.05, 0) is 69.5 Å². The number of hydrogen-bond donors (Lipinski definition) is 1. The highest BCUT2D eigenvalue weighted by molar-refractivity contribution is 6.22. The molecular formula is C25H21NO. The minimum Gasteiger partial charge on any atom is -0.507 e. The number of aromatic hydroxyl groups is 1. The lowest BCUT2D eigenvalue weighted by molar-refractivity contribution is 0.401. The molecule has 0 fully saturated rings. The molecule has 0 atom stereocenters. The number of nitrogens with zero attached hydrogens (tertiary/aromatic N) is 1. The topological polar surface area (TPSA) is 23.5 Å². The van der Waals surface area contributed by atoms with Crippen LogP contribution in [-0.2, 0) is 6.54 Å². The predicted molar refractivity (Wildman–Crippen MR) is 116 cm³/mol. The molecule has 0 saturated carbocycles. The number of rotatable bonds is 2. The van der Waals surface area contributed by atoms with E-state index in [1.54, 1.807) is 0 Å². The van der Waals surface area contributed by atoms with Crippen LogP contribution in [0.25, 0.3) is 43.1 Å². The van der Waals surface area contributed by atoms with E-state index in [-0.39, 0.29) is 0 Å². The summed E-state index contributed by atoms with van der Waals surface area (Å²) >= 11 is 0. The van der Waals surface area contributed by atoms with E-state index in [9.17, 15) is 5.11 Å². The second-order valence-electron chi connectivity index (χ2n) is 7.56. The summed E-state index contributed by atoms with van der Waals surface area (Å²) in [6, 6.07) is 25.6. The highest BCUT2D eigenvalue weighted by atomic mass is 16.3. The van der Waals surface area contributed by atoms with E-state index in [4.69, 9.17) is 0 Å². The van der Waals surface area contributed by atoms with Gasteiger partial charge in [-0.1, -0.05) is 60.7 Å². The summed E-state index contributed by atoms with van der Waals surface area (Å²) < 4.78 is 0. The fourth-order valence-electron chi connectivity index (χ4n) is 4.24. The molecule has 0 heterocycles. The summed E-state index contributed by atoms with van der Waals surface area (Å²) in [5.74, 6) is 0.352. The molecule has 5 rings (SSSR count). The van der Waals surface area contributed by atoms with E-state index in [1.165, 1.54) is 32.3 Å². The van der Waals surface area contributed by atoms with E-state index in [0.29, 0.717) is 5.75 Å². The molecule has 0 radical (unpaired) electrons. The van der Waals surface area contributed by atoms with Gasteiger partial charge in [-0.2, -0.15) is 0 Å². The van der Waals surface area contributed by atoms with Crippen LogP contribution in [0.2, 0.25) is 0 Å². The van der Waals surface area contributed by atoms with E-state index in [0.717, 1.165) is 22.9 Å². The number of phenolic OH excluding ortho intramolecular Hbond substituents is 1. The van der Waals surface area contributed by atoms with E-state index in [1.807, 2.05) is 26.2 Å². The maximum Gasteiger partial charge on any atom is 0.123 e. The second-order valence-corrected chi connectivity index (χ2v) is 7.56. The summed E-state index contributed by atoms with van der Waals surface area (Å²) in [4.78, 5) is 2.12. The van der Waals surface area contributed by atoms with Crippen molar-refractivity contribution >= 4 is 43.1 Å². The van der Waals surface area contributed by atoms with Crippen LogP contribution in [0, 0.1) is 0 Å². The highest BCUT2D eigenvalue weighted by Gasteiger charge is 2.10. The van der Waals surface area contributed by atoms with Crippen LogP contribution in [-0.4, -0.2) is 24.1 Å². The zero-order valence-electron chi connectivity index (χ0n) is 15.5. The summed E-state index contributed by atoms with van der Waals surface area (Å²) in [6.45, 7) is 0.804. The maximum absolute atomic E-state index is 10.6. The van der Waals surface area contributed by atoms with Crippen LogP contribution in [0.15, 0.2) is 72.8 Å². The van der Waals surface area contributed by atoms with Crippen LogP contribution in [0.1, 0.15) is 5.56 Å². The molecule has 0 unspecified atom stereocenters. The Morgan fingerprint density at radius 3 is 1.96 bits per heavy atom. The van der Waals surface area contributed by atoms with Crippen molar-refractivity contribution in [3.05, 3.63) is 78.4 Å². The molecule has 0 aliphatic rings. The molecule has 0 bridgehead atoms. The van der Waals surface area contributed by atoms with Crippen molar-refractivity contribution < 1.29 is 5.11 Å². The first-order valence-corrected chi connectivity index (χ1v) is 9.25. The molecule has 0 aromatic heterocycles. The summed E-state index contributed by atoms with van der Waals surface area (Å²) in [5, 5.41) is 20.1. The van der Waals surface area contributed by atoms with Crippen LogP contribution in [0.4, 0.5) is 0 Å². The molecule has 2 nitrogen and oxygen atoms in total. The Bertz CT molecular complexity index is 1330. The molecule has 5 aromatic carbocycles. The Labute approximate surface area is 158 Å². The molecule has 1 N–H and O–H groups in total. The largest absolute Gasteiger partial charge is 0.507 e. The van der Waals surface area contributed by atoms with Gasteiger partial charge in [-0.15, -0.1) is 0 Å². The lowest BCUT2D eigenvalue weighted by Crippen LogP contribution is -2.10. The second kappa shape index (κ2) is 5.97. The van der Waals surface area contributed by atoms with Crippen LogP contribution in [0.3, 0.4) is 0 Å². The van der Waals surface area contributed by atoms with Gasteiger partial charge in [-0.3, -0.25) is 0 Å². The molecule has 0 aliphatic heterocycles. The molecule has 2 heteroatoms. The summed E-state index contributed by atoms with van der Waals surface area (Å²) in [6.07, 6.45) is 0. The monoisotopic (exact) mass is 351 g/mol. The number of benzene rings is 5. The van der Waals surface area contributed by atoms with Gasteiger partial charge in [0, 0.05) is 11.9 Å². The molecule has 0 amide bonds. The first-order valence-electron chi connectivity index (χ1n) is 9.25. The quantitative estimate of drug-likeness (QED) is 0.390. The maximum atomic E-state index is 10.6. The SMILES string of the molecule is CN(C)Cc1cc(O)c2ccc3c(ccc4c5ccccc5ccc43)c2c1. The average Bonchev–Trinajstić information content (AvgIpc) is 2.66. The molecule has 5 aromatic rings. The normalized spacial score (nSPS) is 12.0. The Hall–Kier alpha value is -3.10. The summed E-state index contributed by atoms with van der Waals surface area (Å²) in [7, 11) is 4.09. The van der Waals surface area contributed by atoms with Gasteiger partial charge < -0.3 is 10.0 Å². The van der Waals surface area contributed by atoms with Gasteiger partial charge in [0.25, 0.3) is 0 Å². The van der Waals surface area contributed by atoms with Crippen molar-refractivity contribution in [2.24, 2.45) is 0 Å². The Morgan fingerprint density at radius 1 is 0.630 bits per heavy atom. The molecule has 0 aliphatic carbocycles. The highest BCUT2D eigenvalue weighted by Crippen LogP contribution is 2.37. The van der Waals surface area contributed by atoms with Crippen LogP contribution in [0.5, 0.6) is 5.75 Å². The third-order valence-corrected chi connectivity index (χ3v) is 5.39. The van der Waals surface area contributed by atoms with Gasteiger partial charge in [0.15, 0.2) is 0 Å².